The Bertz CT molecular complexity index is 651. The molecule has 0 unspecified atom stereocenters. The van der Waals surface area contributed by atoms with E-state index >= 15 is 0 Å². The van der Waals surface area contributed by atoms with Gasteiger partial charge >= 0.3 is 0 Å². The molecule has 0 radical (unpaired) electrons. The summed E-state index contributed by atoms with van der Waals surface area (Å²) < 4.78 is 1.48. The maximum absolute atomic E-state index is 10.9. The van der Waals surface area contributed by atoms with Gasteiger partial charge in [0.05, 0.1) is 16.6 Å². The number of nitrogens with zero attached hydrogens (tertiary/aromatic N) is 3. The fourth-order valence-corrected chi connectivity index (χ4v) is 1.60. The van der Waals surface area contributed by atoms with Crippen LogP contribution >= 0.6 is 0 Å². The van der Waals surface area contributed by atoms with Crippen molar-refractivity contribution in [2.45, 2.75) is 27.7 Å². The van der Waals surface area contributed by atoms with Crippen LogP contribution in [0.3, 0.4) is 0 Å². The van der Waals surface area contributed by atoms with Crippen molar-refractivity contribution in [3.8, 4) is 0 Å². The van der Waals surface area contributed by atoms with Gasteiger partial charge in [-0.15, -0.1) is 0 Å². The lowest BCUT2D eigenvalue weighted by Gasteiger charge is -2.02. The van der Waals surface area contributed by atoms with Gasteiger partial charge in [-0.1, -0.05) is 0 Å². The van der Waals surface area contributed by atoms with Crippen molar-refractivity contribution in [1.29, 1.82) is 0 Å². The van der Waals surface area contributed by atoms with E-state index in [1.807, 2.05) is 19.9 Å². The van der Waals surface area contributed by atoms with E-state index in [1.54, 1.807) is 19.9 Å². The minimum Gasteiger partial charge on any atom is -0.619 e. The Morgan fingerprint density at radius 3 is 2.00 bits per heavy atom. The lowest BCUT2D eigenvalue weighted by molar-refractivity contribution is -0.613. The molecule has 0 saturated carbocycles. The van der Waals surface area contributed by atoms with Crippen molar-refractivity contribution in [2.24, 2.45) is 0 Å². The van der Waals surface area contributed by atoms with Crippen LogP contribution < -0.4 is 9.46 Å². The van der Waals surface area contributed by atoms with Crippen molar-refractivity contribution in [3.63, 3.8) is 0 Å². The first-order valence-corrected chi connectivity index (χ1v) is 6.24. The highest BCUT2D eigenvalue weighted by Crippen LogP contribution is 2.16. The van der Waals surface area contributed by atoms with Crippen molar-refractivity contribution in [3.05, 3.63) is 73.6 Å². The Balaban J connectivity index is 0.000000219. The number of nitro groups is 1. The third-order valence-electron chi connectivity index (χ3n) is 3.29. The molecule has 2 heterocycles. The fourth-order valence-electron chi connectivity index (χ4n) is 1.60. The Hall–Kier alpha value is -2.70. The summed E-state index contributed by atoms with van der Waals surface area (Å²) in [4.78, 5) is 9.88. The molecule has 0 aliphatic carbocycles. The molecule has 0 aliphatic rings. The molecule has 2 aromatic heterocycles. The molecular weight excluding hydrogens is 274 g/mol. The van der Waals surface area contributed by atoms with Gasteiger partial charge in [-0.3, -0.25) is 10.1 Å². The van der Waals surface area contributed by atoms with E-state index in [0.717, 1.165) is 22.2 Å². The summed E-state index contributed by atoms with van der Waals surface area (Å²) in [7, 11) is 0. The van der Waals surface area contributed by atoms with Crippen LogP contribution in [0, 0.1) is 48.2 Å². The second-order valence-corrected chi connectivity index (χ2v) is 4.60. The van der Waals surface area contributed by atoms with Gasteiger partial charge in [0.15, 0.2) is 23.8 Å². The molecule has 0 atom stereocenters. The van der Waals surface area contributed by atoms with Gasteiger partial charge in [0.25, 0.3) is 5.69 Å². The number of aryl methyl sites for hydroxylation is 1. The molecule has 0 spiro atoms. The quantitative estimate of drug-likeness (QED) is 0.346. The summed E-state index contributed by atoms with van der Waals surface area (Å²) in [5, 5.41) is 32.0. The standard InChI is InChI=1S/C7H8N2O3.C7H9NO/c1-5-6(2)8(10)4-3-7(5)9(11)12;1-6-4-3-5-8(9)7(6)2/h3-4H,1-2H3;3-5H,1-2H3. The highest BCUT2D eigenvalue weighted by atomic mass is 16.6. The summed E-state index contributed by atoms with van der Waals surface area (Å²) in [5.74, 6) is 0. The molecule has 0 bridgehead atoms. The third-order valence-corrected chi connectivity index (χ3v) is 3.29. The molecule has 7 nitrogen and oxygen atoms in total. The zero-order chi connectivity index (χ0) is 16.2. The van der Waals surface area contributed by atoms with Gasteiger partial charge in [-0.2, -0.15) is 9.46 Å². The predicted molar refractivity (Wildman–Crippen MR) is 76.4 cm³/mol. The maximum atomic E-state index is 10.9. The van der Waals surface area contributed by atoms with Gasteiger partial charge in [0.2, 0.25) is 0 Å². The highest BCUT2D eigenvalue weighted by Gasteiger charge is 2.16. The van der Waals surface area contributed by atoms with E-state index < -0.39 is 4.92 Å². The Labute approximate surface area is 122 Å². The van der Waals surface area contributed by atoms with E-state index in [9.17, 15) is 20.5 Å². The zero-order valence-electron chi connectivity index (χ0n) is 12.4. The van der Waals surface area contributed by atoms with Crippen molar-refractivity contribution < 1.29 is 14.4 Å². The van der Waals surface area contributed by atoms with E-state index in [2.05, 4.69) is 0 Å². The maximum Gasteiger partial charge on any atom is 0.284 e. The number of hydrogen-bond donors (Lipinski definition) is 0. The largest absolute Gasteiger partial charge is 0.619 e. The SMILES string of the molecule is Cc1c([N+](=O)[O-])cc[n+]([O-])c1C.Cc1ccc[n+]([O-])c1C. The molecule has 0 amide bonds. The Morgan fingerprint density at radius 1 is 0.952 bits per heavy atom. The van der Waals surface area contributed by atoms with Crippen LogP contribution in [0.25, 0.3) is 0 Å². The van der Waals surface area contributed by atoms with Gasteiger partial charge < -0.3 is 10.4 Å². The van der Waals surface area contributed by atoms with E-state index in [0.29, 0.717) is 16.0 Å². The third kappa shape index (κ3) is 3.88. The van der Waals surface area contributed by atoms with Gasteiger partial charge in [-0.05, 0) is 19.9 Å². The summed E-state index contributed by atoms with van der Waals surface area (Å²) in [5.41, 5.74) is 2.58. The van der Waals surface area contributed by atoms with Gasteiger partial charge in [0.1, 0.15) is 0 Å². The molecule has 112 valence electrons. The predicted octanol–water partition coefficient (Wildman–Crippen LogP) is 1.78. The highest BCUT2D eigenvalue weighted by molar-refractivity contribution is 5.38. The smallest absolute Gasteiger partial charge is 0.284 e. The van der Waals surface area contributed by atoms with Crippen LogP contribution in [-0.2, 0) is 0 Å². The summed E-state index contributed by atoms with van der Waals surface area (Å²) >= 11 is 0. The van der Waals surface area contributed by atoms with Crippen molar-refractivity contribution >= 4 is 5.69 Å². The molecule has 7 heteroatoms. The molecule has 0 N–H and O–H groups in total. The van der Waals surface area contributed by atoms with E-state index in [1.165, 1.54) is 12.3 Å². The monoisotopic (exact) mass is 291 g/mol. The summed E-state index contributed by atoms with van der Waals surface area (Å²) in [6.45, 7) is 6.84. The topological polar surface area (TPSA) is 97.0 Å². The average Bonchev–Trinajstić information content (AvgIpc) is 2.42. The lowest BCUT2D eigenvalue weighted by atomic mass is 10.2. The first-order valence-electron chi connectivity index (χ1n) is 6.24. The molecule has 21 heavy (non-hydrogen) atoms. The summed E-state index contributed by atoms with van der Waals surface area (Å²) in [6.07, 6.45) is 2.64. The molecule has 0 aliphatic heterocycles. The van der Waals surface area contributed by atoms with Crippen LogP contribution in [0.1, 0.15) is 22.5 Å². The number of pyridine rings is 2. The van der Waals surface area contributed by atoms with Crippen molar-refractivity contribution in [1.82, 2.24) is 0 Å². The van der Waals surface area contributed by atoms with Crippen LogP contribution in [0.5, 0.6) is 0 Å². The first kappa shape index (κ1) is 16.4. The van der Waals surface area contributed by atoms with Gasteiger partial charge in [0, 0.05) is 25.5 Å². The fraction of sp³-hybridized carbons (Fsp3) is 0.286. The van der Waals surface area contributed by atoms with Crippen molar-refractivity contribution in [2.75, 3.05) is 0 Å². The molecular formula is C14H17N3O4. The Morgan fingerprint density at radius 2 is 1.52 bits per heavy atom. The molecule has 2 rings (SSSR count). The zero-order valence-corrected chi connectivity index (χ0v) is 12.4. The lowest BCUT2D eigenvalue weighted by Crippen LogP contribution is -2.30. The molecule has 0 aromatic carbocycles. The minimum absolute atomic E-state index is 0.0143. The normalized spacial score (nSPS) is 9.71. The average molecular weight is 291 g/mol. The Kier molecular flexibility index (Phi) is 5.18. The van der Waals surface area contributed by atoms with Crippen LogP contribution in [-0.4, -0.2) is 4.92 Å². The molecule has 0 fully saturated rings. The number of aromatic nitrogens is 2. The summed E-state index contributed by atoms with van der Waals surface area (Å²) in [6, 6.07) is 4.87. The first-order chi connectivity index (χ1) is 9.75. The van der Waals surface area contributed by atoms with E-state index in [4.69, 9.17) is 0 Å². The van der Waals surface area contributed by atoms with E-state index in [-0.39, 0.29) is 5.69 Å². The van der Waals surface area contributed by atoms with Crippen LogP contribution in [0.2, 0.25) is 0 Å². The van der Waals surface area contributed by atoms with Crippen LogP contribution in [0.4, 0.5) is 5.69 Å². The second kappa shape index (κ2) is 6.65. The second-order valence-electron chi connectivity index (χ2n) is 4.60. The van der Waals surface area contributed by atoms with Crippen LogP contribution in [0.15, 0.2) is 30.6 Å². The molecule has 2 aromatic rings. The number of hydrogen-bond acceptors (Lipinski definition) is 4. The number of rotatable bonds is 1. The minimum atomic E-state index is -0.498. The van der Waals surface area contributed by atoms with Gasteiger partial charge in [-0.25, -0.2) is 0 Å². The molecule has 0 saturated heterocycles.